The van der Waals surface area contributed by atoms with Gasteiger partial charge in [0.25, 0.3) is 5.91 Å². The molecule has 0 bridgehead atoms. The Bertz CT molecular complexity index is 455. The number of para-hydroxylation sites is 1. The van der Waals surface area contributed by atoms with Crippen molar-refractivity contribution in [2.45, 2.75) is 27.7 Å². The summed E-state index contributed by atoms with van der Waals surface area (Å²) in [6.07, 6.45) is 0. The van der Waals surface area contributed by atoms with E-state index in [2.05, 4.69) is 38.2 Å². The van der Waals surface area contributed by atoms with Crippen LogP contribution in [0.5, 0.6) is 5.75 Å². The Kier molecular flexibility index (Phi) is 5.55. The first kappa shape index (κ1) is 15.2. The number of rotatable bonds is 5. The number of carbonyl (C=O) groups is 1. The van der Waals surface area contributed by atoms with Gasteiger partial charge in [-0.05, 0) is 24.0 Å². The highest BCUT2D eigenvalue weighted by molar-refractivity contribution is 5.98. The molecule has 0 aliphatic heterocycles. The van der Waals surface area contributed by atoms with E-state index in [9.17, 15) is 4.79 Å². The lowest BCUT2D eigenvalue weighted by atomic mass is 9.98. The number of benzene rings is 1. The molecule has 4 heteroatoms. The third-order valence-corrected chi connectivity index (χ3v) is 2.82. The van der Waals surface area contributed by atoms with E-state index in [4.69, 9.17) is 4.74 Å². The molecule has 1 aromatic carbocycles. The number of hydrogen-bond donors (Lipinski definition) is 1. The molecule has 0 aromatic heterocycles. The Morgan fingerprint density at radius 1 is 1.16 bits per heavy atom. The maximum atomic E-state index is 12.1. The molecule has 104 valence electrons. The molecule has 1 amide bonds. The zero-order valence-electron chi connectivity index (χ0n) is 12.2. The molecular formula is C15H22N2O2. The first-order valence-corrected chi connectivity index (χ1v) is 6.48. The number of hydrazone groups is 1. The fourth-order valence-corrected chi connectivity index (χ4v) is 1.93. The second kappa shape index (κ2) is 6.92. The van der Waals surface area contributed by atoms with Gasteiger partial charge in [-0.1, -0.05) is 39.8 Å². The van der Waals surface area contributed by atoms with E-state index in [1.54, 1.807) is 25.3 Å². The molecule has 0 radical (unpaired) electrons. The normalized spacial score (nSPS) is 10.5. The summed E-state index contributed by atoms with van der Waals surface area (Å²) in [6, 6.07) is 7.10. The molecule has 0 fully saturated rings. The summed E-state index contributed by atoms with van der Waals surface area (Å²) in [7, 11) is 1.54. The second-order valence-electron chi connectivity index (χ2n) is 4.99. The van der Waals surface area contributed by atoms with Crippen molar-refractivity contribution in [1.82, 2.24) is 5.43 Å². The van der Waals surface area contributed by atoms with Crippen LogP contribution < -0.4 is 10.2 Å². The Morgan fingerprint density at radius 2 is 1.74 bits per heavy atom. The van der Waals surface area contributed by atoms with Gasteiger partial charge in [-0.3, -0.25) is 4.79 Å². The number of carbonyl (C=O) groups excluding carboxylic acids is 1. The molecule has 0 spiro atoms. The van der Waals surface area contributed by atoms with Crippen LogP contribution in [-0.2, 0) is 0 Å². The van der Waals surface area contributed by atoms with Crippen LogP contribution in [0.3, 0.4) is 0 Å². The Balaban J connectivity index is 2.88. The summed E-state index contributed by atoms with van der Waals surface area (Å²) in [4.78, 5) is 12.1. The molecule has 19 heavy (non-hydrogen) atoms. The minimum atomic E-state index is -0.253. The predicted molar refractivity (Wildman–Crippen MR) is 77.6 cm³/mol. The van der Waals surface area contributed by atoms with Crippen LogP contribution in [0.15, 0.2) is 29.4 Å². The van der Waals surface area contributed by atoms with Gasteiger partial charge in [0.05, 0.1) is 12.7 Å². The summed E-state index contributed by atoms with van der Waals surface area (Å²) in [5.41, 5.74) is 4.07. The van der Waals surface area contributed by atoms with Crippen molar-refractivity contribution >= 4 is 11.6 Å². The van der Waals surface area contributed by atoms with E-state index in [1.165, 1.54) is 0 Å². The van der Waals surface area contributed by atoms with Crippen molar-refractivity contribution in [3.8, 4) is 5.75 Å². The molecule has 1 N–H and O–H groups in total. The van der Waals surface area contributed by atoms with Gasteiger partial charge in [0, 0.05) is 5.71 Å². The van der Waals surface area contributed by atoms with Gasteiger partial charge in [0.15, 0.2) is 0 Å². The molecule has 0 aliphatic rings. The van der Waals surface area contributed by atoms with Gasteiger partial charge in [-0.25, -0.2) is 5.43 Å². The zero-order chi connectivity index (χ0) is 14.4. The Morgan fingerprint density at radius 3 is 2.26 bits per heavy atom. The van der Waals surface area contributed by atoms with Crippen LogP contribution in [-0.4, -0.2) is 18.7 Å². The molecule has 0 saturated heterocycles. The van der Waals surface area contributed by atoms with E-state index < -0.39 is 0 Å². The van der Waals surface area contributed by atoms with Gasteiger partial charge in [-0.15, -0.1) is 0 Å². The third kappa shape index (κ3) is 4.09. The molecule has 0 saturated carbocycles. The van der Waals surface area contributed by atoms with Gasteiger partial charge in [0.2, 0.25) is 0 Å². The number of nitrogens with zero attached hydrogens (tertiary/aromatic N) is 1. The zero-order valence-corrected chi connectivity index (χ0v) is 12.2. The van der Waals surface area contributed by atoms with Gasteiger partial charge in [0.1, 0.15) is 5.75 Å². The summed E-state index contributed by atoms with van der Waals surface area (Å²) in [5, 5.41) is 4.24. The van der Waals surface area contributed by atoms with Crippen LogP contribution >= 0.6 is 0 Å². The lowest BCUT2D eigenvalue weighted by Crippen LogP contribution is -2.24. The largest absolute Gasteiger partial charge is 0.496 e. The quantitative estimate of drug-likeness (QED) is 0.655. The molecule has 4 nitrogen and oxygen atoms in total. The first-order chi connectivity index (χ1) is 8.97. The Hall–Kier alpha value is -1.84. The predicted octanol–water partition coefficient (Wildman–Crippen LogP) is 3.09. The average Bonchev–Trinajstić information content (AvgIpc) is 2.37. The van der Waals surface area contributed by atoms with E-state index in [0.717, 1.165) is 5.71 Å². The highest BCUT2D eigenvalue weighted by Gasteiger charge is 2.13. The smallest absolute Gasteiger partial charge is 0.275 e. The number of hydrogen-bond acceptors (Lipinski definition) is 3. The lowest BCUT2D eigenvalue weighted by Gasteiger charge is -2.14. The fraction of sp³-hybridized carbons (Fsp3) is 0.467. The molecule has 0 unspecified atom stereocenters. The van der Waals surface area contributed by atoms with Crippen molar-refractivity contribution in [2.75, 3.05) is 7.11 Å². The van der Waals surface area contributed by atoms with Crippen LogP contribution in [0.1, 0.15) is 38.1 Å². The minimum Gasteiger partial charge on any atom is -0.496 e. The van der Waals surface area contributed by atoms with Crippen LogP contribution in [0.4, 0.5) is 0 Å². The van der Waals surface area contributed by atoms with Gasteiger partial charge < -0.3 is 4.74 Å². The fourth-order valence-electron chi connectivity index (χ4n) is 1.93. The topological polar surface area (TPSA) is 50.7 Å². The number of nitrogens with one attached hydrogen (secondary N) is 1. The number of amides is 1. The van der Waals surface area contributed by atoms with Crippen molar-refractivity contribution in [2.24, 2.45) is 16.9 Å². The minimum absolute atomic E-state index is 0.253. The molecular weight excluding hydrogens is 240 g/mol. The lowest BCUT2D eigenvalue weighted by molar-refractivity contribution is 0.0951. The molecule has 0 heterocycles. The number of methoxy groups -OCH3 is 1. The highest BCUT2D eigenvalue weighted by atomic mass is 16.5. The Labute approximate surface area is 114 Å². The standard InChI is InChI=1S/C15H22N2O2/c1-10(2)14(11(3)4)16-17-15(18)12-8-6-7-9-13(12)19-5/h6-11H,1-5H3,(H,17,18). The molecule has 1 aromatic rings. The van der Waals surface area contributed by atoms with E-state index >= 15 is 0 Å². The van der Waals surface area contributed by atoms with Crippen molar-refractivity contribution < 1.29 is 9.53 Å². The second-order valence-corrected chi connectivity index (χ2v) is 4.99. The molecule has 1 rings (SSSR count). The highest BCUT2D eigenvalue weighted by Crippen LogP contribution is 2.17. The monoisotopic (exact) mass is 262 g/mol. The maximum Gasteiger partial charge on any atom is 0.275 e. The van der Waals surface area contributed by atoms with Crippen molar-refractivity contribution in [3.05, 3.63) is 29.8 Å². The average molecular weight is 262 g/mol. The van der Waals surface area contributed by atoms with Crippen LogP contribution in [0.2, 0.25) is 0 Å². The van der Waals surface area contributed by atoms with E-state index in [0.29, 0.717) is 23.1 Å². The maximum absolute atomic E-state index is 12.1. The SMILES string of the molecule is COc1ccccc1C(=O)NN=C(C(C)C)C(C)C. The van der Waals surface area contributed by atoms with Gasteiger partial charge in [-0.2, -0.15) is 5.10 Å². The summed E-state index contributed by atoms with van der Waals surface area (Å²) in [5.74, 6) is 0.901. The molecule has 0 aliphatic carbocycles. The van der Waals surface area contributed by atoms with Crippen LogP contribution in [0, 0.1) is 11.8 Å². The van der Waals surface area contributed by atoms with Gasteiger partial charge >= 0.3 is 0 Å². The summed E-state index contributed by atoms with van der Waals surface area (Å²) in [6.45, 7) is 8.25. The third-order valence-electron chi connectivity index (χ3n) is 2.82. The van der Waals surface area contributed by atoms with Crippen molar-refractivity contribution in [3.63, 3.8) is 0 Å². The summed E-state index contributed by atoms with van der Waals surface area (Å²) >= 11 is 0. The van der Waals surface area contributed by atoms with E-state index in [1.807, 2.05) is 6.07 Å². The summed E-state index contributed by atoms with van der Waals surface area (Å²) < 4.78 is 5.16. The van der Waals surface area contributed by atoms with Crippen LogP contribution in [0.25, 0.3) is 0 Å². The van der Waals surface area contributed by atoms with E-state index in [-0.39, 0.29) is 5.91 Å². The molecule has 0 atom stereocenters. The van der Waals surface area contributed by atoms with Crippen molar-refractivity contribution in [1.29, 1.82) is 0 Å². The first-order valence-electron chi connectivity index (χ1n) is 6.48. The number of ether oxygens (including phenoxy) is 1.